The summed E-state index contributed by atoms with van der Waals surface area (Å²) < 4.78 is 13.6. The van der Waals surface area contributed by atoms with Gasteiger partial charge >= 0.3 is 0 Å². The predicted octanol–water partition coefficient (Wildman–Crippen LogP) is 4.32. The molecule has 0 radical (unpaired) electrons. The number of nitrogens with one attached hydrogen (secondary N) is 1. The number of hydrogen-bond acceptors (Lipinski definition) is 3. The summed E-state index contributed by atoms with van der Waals surface area (Å²) in [4.78, 5) is 1.25. The van der Waals surface area contributed by atoms with Crippen molar-refractivity contribution in [1.82, 2.24) is 0 Å². The molecule has 2 aromatic rings. The Hall–Kier alpha value is -1.86. The van der Waals surface area contributed by atoms with Crippen molar-refractivity contribution in [3.8, 4) is 6.07 Å². The normalized spacial score (nSPS) is 15.8. The van der Waals surface area contributed by atoms with Gasteiger partial charge in [-0.15, -0.1) is 11.3 Å². The minimum Gasteiger partial charge on any atom is -0.376 e. The Morgan fingerprint density at radius 1 is 1.32 bits per heavy atom. The van der Waals surface area contributed by atoms with Crippen LogP contribution in [-0.2, 0) is 0 Å². The van der Waals surface area contributed by atoms with Crippen LogP contribution in [0.15, 0.2) is 35.7 Å². The van der Waals surface area contributed by atoms with E-state index < -0.39 is 5.82 Å². The third-order valence-corrected chi connectivity index (χ3v) is 4.33. The van der Waals surface area contributed by atoms with Crippen LogP contribution in [0.1, 0.15) is 29.3 Å². The standard InChI is InChI=1S/C15H13FN2S/c16-12-3-1-4-13(11(12)9-17)18-15(10-6-7-10)14-5-2-8-19-14/h1-5,8,10,15,18H,6-7H2. The van der Waals surface area contributed by atoms with Gasteiger partial charge in [-0.2, -0.15) is 5.26 Å². The first-order valence-electron chi connectivity index (χ1n) is 6.28. The first kappa shape index (κ1) is 12.2. The van der Waals surface area contributed by atoms with Gasteiger partial charge in [-0.25, -0.2) is 4.39 Å². The third kappa shape index (κ3) is 2.47. The molecule has 0 aliphatic heterocycles. The van der Waals surface area contributed by atoms with Crippen molar-refractivity contribution >= 4 is 17.0 Å². The molecule has 1 aliphatic carbocycles. The van der Waals surface area contributed by atoms with Gasteiger partial charge in [0.1, 0.15) is 17.4 Å². The molecular formula is C15H13FN2S. The van der Waals surface area contributed by atoms with Crippen LogP contribution in [0.2, 0.25) is 0 Å². The Morgan fingerprint density at radius 2 is 2.16 bits per heavy atom. The molecule has 2 nitrogen and oxygen atoms in total. The quantitative estimate of drug-likeness (QED) is 0.899. The molecule has 0 amide bonds. The lowest BCUT2D eigenvalue weighted by atomic mass is 10.1. The van der Waals surface area contributed by atoms with Crippen molar-refractivity contribution in [2.24, 2.45) is 5.92 Å². The lowest BCUT2D eigenvalue weighted by Crippen LogP contribution is -2.12. The average Bonchev–Trinajstić information content (AvgIpc) is 3.10. The number of nitriles is 1. The largest absolute Gasteiger partial charge is 0.376 e. The van der Waals surface area contributed by atoms with Crippen LogP contribution in [-0.4, -0.2) is 0 Å². The number of halogens is 1. The Labute approximate surface area is 115 Å². The first-order chi connectivity index (χ1) is 9.29. The number of nitrogens with zero attached hydrogens (tertiary/aromatic N) is 1. The molecule has 0 bridgehead atoms. The average molecular weight is 272 g/mol. The highest BCUT2D eigenvalue weighted by Crippen LogP contribution is 2.44. The van der Waals surface area contributed by atoms with Crippen LogP contribution < -0.4 is 5.32 Å². The molecular weight excluding hydrogens is 259 g/mol. The van der Waals surface area contributed by atoms with Crippen molar-refractivity contribution in [1.29, 1.82) is 5.26 Å². The molecule has 0 saturated heterocycles. The van der Waals surface area contributed by atoms with Gasteiger partial charge in [0.15, 0.2) is 0 Å². The van der Waals surface area contributed by atoms with E-state index in [4.69, 9.17) is 5.26 Å². The maximum absolute atomic E-state index is 13.6. The second kappa shape index (κ2) is 5.02. The molecule has 96 valence electrons. The van der Waals surface area contributed by atoms with Crippen LogP contribution in [0.4, 0.5) is 10.1 Å². The molecule has 1 fully saturated rings. The Kier molecular flexibility index (Phi) is 3.22. The smallest absolute Gasteiger partial charge is 0.143 e. The summed E-state index contributed by atoms with van der Waals surface area (Å²) in [6, 6.07) is 11.0. The first-order valence-corrected chi connectivity index (χ1v) is 7.16. The monoisotopic (exact) mass is 272 g/mol. The molecule has 1 saturated carbocycles. The molecule has 19 heavy (non-hydrogen) atoms. The van der Waals surface area contributed by atoms with Gasteiger partial charge in [-0.05, 0) is 42.3 Å². The van der Waals surface area contributed by atoms with E-state index in [1.807, 2.05) is 17.5 Å². The zero-order chi connectivity index (χ0) is 13.2. The molecule has 1 heterocycles. The highest BCUT2D eigenvalue weighted by atomic mass is 32.1. The van der Waals surface area contributed by atoms with E-state index in [0.717, 1.165) is 0 Å². The molecule has 1 aromatic carbocycles. The fourth-order valence-corrected chi connectivity index (χ4v) is 3.11. The summed E-state index contributed by atoms with van der Waals surface area (Å²) in [7, 11) is 0. The van der Waals surface area contributed by atoms with Gasteiger partial charge in [0, 0.05) is 4.88 Å². The second-order valence-corrected chi connectivity index (χ2v) is 5.73. The molecule has 1 unspecified atom stereocenters. The van der Waals surface area contributed by atoms with Crippen molar-refractivity contribution in [3.63, 3.8) is 0 Å². The summed E-state index contributed by atoms with van der Waals surface area (Å²) >= 11 is 1.70. The summed E-state index contributed by atoms with van der Waals surface area (Å²) in [6.45, 7) is 0. The van der Waals surface area contributed by atoms with E-state index in [1.54, 1.807) is 23.5 Å². The summed E-state index contributed by atoms with van der Waals surface area (Å²) in [5, 5.41) is 14.5. The van der Waals surface area contributed by atoms with Gasteiger partial charge in [0.25, 0.3) is 0 Å². The maximum atomic E-state index is 13.6. The van der Waals surface area contributed by atoms with Gasteiger partial charge in [-0.1, -0.05) is 12.1 Å². The van der Waals surface area contributed by atoms with Gasteiger partial charge in [0.05, 0.1) is 11.7 Å². The topological polar surface area (TPSA) is 35.8 Å². The number of hydrogen-bond donors (Lipinski definition) is 1. The van der Waals surface area contributed by atoms with Crippen LogP contribution in [0.3, 0.4) is 0 Å². The summed E-state index contributed by atoms with van der Waals surface area (Å²) in [5.74, 6) is 0.127. The molecule has 0 spiro atoms. The van der Waals surface area contributed by atoms with Crippen LogP contribution >= 0.6 is 11.3 Å². The van der Waals surface area contributed by atoms with Crippen molar-refractivity contribution in [2.75, 3.05) is 5.32 Å². The third-order valence-electron chi connectivity index (χ3n) is 3.38. The Balaban J connectivity index is 1.91. The molecule has 3 rings (SSSR count). The van der Waals surface area contributed by atoms with E-state index in [2.05, 4.69) is 11.4 Å². The predicted molar refractivity (Wildman–Crippen MR) is 74.5 cm³/mol. The lowest BCUT2D eigenvalue weighted by Gasteiger charge is -2.19. The molecule has 1 aromatic heterocycles. The van der Waals surface area contributed by atoms with Crippen molar-refractivity contribution in [3.05, 3.63) is 52.0 Å². The number of benzene rings is 1. The molecule has 1 aliphatic rings. The van der Waals surface area contributed by atoms with E-state index in [0.29, 0.717) is 11.6 Å². The minimum absolute atomic E-state index is 0.102. The Morgan fingerprint density at radius 3 is 2.79 bits per heavy atom. The number of anilines is 1. The highest BCUT2D eigenvalue weighted by Gasteiger charge is 2.33. The van der Waals surface area contributed by atoms with Crippen molar-refractivity contribution < 1.29 is 4.39 Å². The highest BCUT2D eigenvalue weighted by molar-refractivity contribution is 7.10. The maximum Gasteiger partial charge on any atom is 0.143 e. The number of thiophene rings is 1. The fraction of sp³-hybridized carbons (Fsp3) is 0.267. The minimum atomic E-state index is -0.465. The summed E-state index contributed by atoms with van der Waals surface area (Å²) in [5.41, 5.74) is 0.692. The molecule has 1 atom stereocenters. The molecule has 1 N–H and O–H groups in total. The second-order valence-electron chi connectivity index (χ2n) is 4.75. The lowest BCUT2D eigenvalue weighted by molar-refractivity contribution is 0.622. The zero-order valence-corrected chi connectivity index (χ0v) is 11.1. The number of rotatable bonds is 4. The van der Waals surface area contributed by atoms with Gasteiger partial charge < -0.3 is 5.32 Å². The fourth-order valence-electron chi connectivity index (χ4n) is 2.24. The van der Waals surface area contributed by atoms with E-state index in [1.165, 1.54) is 23.8 Å². The van der Waals surface area contributed by atoms with E-state index in [9.17, 15) is 4.39 Å². The van der Waals surface area contributed by atoms with Gasteiger partial charge in [0.2, 0.25) is 0 Å². The van der Waals surface area contributed by atoms with E-state index in [-0.39, 0.29) is 11.6 Å². The van der Waals surface area contributed by atoms with Crippen LogP contribution in [0.25, 0.3) is 0 Å². The Bertz CT molecular complexity index is 612. The molecule has 4 heteroatoms. The van der Waals surface area contributed by atoms with Crippen LogP contribution in [0, 0.1) is 23.1 Å². The zero-order valence-electron chi connectivity index (χ0n) is 10.3. The van der Waals surface area contributed by atoms with Gasteiger partial charge in [-0.3, -0.25) is 0 Å². The summed E-state index contributed by atoms with van der Waals surface area (Å²) in [6.07, 6.45) is 2.37. The van der Waals surface area contributed by atoms with Crippen LogP contribution in [0.5, 0.6) is 0 Å². The van der Waals surface area contributed by atoms with E-state index >= 15 is 0 Å². The SMILES string of the molecule is N#Cc1c(F)cccc1NC(c1cccs1)C1CC1. The van der Waals surface area contributed by atoms with Crippen molar-refractivity contribution in [2.45, 2.75) is 18.9 Å².